The molecule has 1 aliphatic rings. The van der Waals surface area contributed by atoms with E-state index in [2.05, 4.69) is 25.8 Å². The first kappa shape index (κ1) is 6.09. The molecule has 2 heterocycles. The first-order valence-corrected chi connectivity index (χ1v) is 3.23. The van der Waals surface area contributed by atoms with Gasteiger partial charge in [0.2, 0.25) is 0 Å². The number of rotatable bonds is 0. The molecule has 0 bridgehead atoms. The fraction of sp³-hybridized carbons (Fsp3) is 0.167. The Balaban J connectivity index is 2.51. The highest BCUT2D eigenvalue weighted by atomic mass is 15.4. The van der Waals surface area contributed by atoms with Gasteiger partial charge in [0, 0.05) is 0 Å². The van der Waals surface area contributed by atoms with E-state index in [9.17, 15) is 0 Å². The zero-order chi connectivity index (χ0) is 7.68. The van der Waals surface area contributed by atoms with Crippen molar-refractivity contribution in [2.75, 3.05) is 5.43 Å². The van der Waals surface area contributed by atoms with E-state index in [-0.39, 0.29) is 0 Å². The second kappa shape index (κ2) is 2.19. The molecule has 2 N–H and O–H groups in total. The molecule has 1 aromatic heterocycles. The van der Waals surface area contributed by atoms with Crippen LogP contribution >= 0.6 is 0 Å². The molecule has 5 heteroatoms. The third-order valence-corrected chi connectivity index (χ3v) is 1.34. The SMILES string of the molecule is CC1=Nc2cncnc2NN1. The first-order chi connectivity index (χ1) is 5.36. The summed E-state index contributed by atoms with van der Waals surface area (Å²) in [5.74, 6) is 1.53. The smallest absolute Gasteiger partial charge is 0.173 e. The second-order valence-corrected chi connectivity index (χ2v) is 2.20. The highest BCUT2D eigenvalue weighted by molar-refractivity contribution is 5.87. The van der Waals surface area contributed by atoms with Gasteiger partial charge in [0.25, 0.3) is 0 Å². The van der Waals surface area contributed by atoms with Crippen LogP contribution in [0.25, 0.3) is 0 Å². The number of hydrogen-bond acceptors (Lipinski definition) is 5. The highest BCUT2D eigenvalue weighted by Crippen LogP contribution is 2.21. The number of hydrazine groups is 1. The fourth-order valence-electron chi connectivity index (χ4n) is 0.859. The molecule has 0 radical (unpaired) electrons. The van der Waals surface area contributed by atoms with Crippen molar-refractivity contribution in [3.05, 3.63) is 12.5 Å². The lowest BCUT2D eigenvalue weighted by Gasteiger charge is -2.14. The molecular weight excluding hydrogens is 142 g/mol. The molecule has 0 aromatic carbocycles. The van der Waals surface area contributed by atoms with Crippen LogP contribution in [-0.2, 0) is 0 Å². The quantitative estimate of drug-likeness (QED) is 0.562. The standard InChI is InChI=1S/C6H7N5/c1-4-9-5-2-7-3-8-6(5)11-10-4/h2-3H,1H3,(H,9,10)(H,7,8,11). The maximum absolute atomic E-state index is 4.16. The Labute approximate surface area is 63.6 Å². The molecular formula is C6H7N5. The predicted molar refractivity (Wildman–Crippen MR) is 41.6 cm³/mol. The van der Waals surface area contributed by atoms with Crippen LogP contribution in [0.15, 0.2) is 17.5 Å². The van der Waals surface area contributed by atoms with Gasteiger partial charge in [-0.05, 0) is 6.92 Å². The van der Waals surface area contributed by atoms with Crippen LogP contribution in [0, 0.1) is 0 Å². The Morgan fingerprint density at radius 1 is 1.36 bits per heavy atom. The van der Waals surface area contributed by atoms with Crippen molar-refractivity contribution in [1.82, 2.24) is 15.4 Å². The minimum absolute atomic E-state index is 0.714. The lowest BCUT2D eigenvalue weighted by molar-refractivity contribution is 1.02. The van der Waals surface area contributed by atoms with E-state index in [1.165, 1.54) is 6.33 Å². The molecule has 0 spiro atoms. The lowest BCUT2D eigenvalue weighted by atomic mass is 10.4. The highest BCUT2D eigenvalue weighted by Gasteiger charge is 2.06. The summed E-state index contributed by atoms with van der Waals surface area (Å²) in [6, 6.07) is 0. The average molecular weight is 149 g/mol. The topological polar surface area (TPSA) is 62.2 Å². The van der Waals surface area contributed by atoms with Gasteiger partial charge in [-0.1, -0.05) is 0 Å². The Bertz CT molecular complexity index is 306. The van der Waals surface area contributed by atoms with Crippen LogP contribution in [0.4, 0.5) is 11.5 Å². The molecule has 1 aliphatic heterocycles. The van der Waals surface area contributed by atoms with Crippen molar-refractivity contribution in [1.29, 1.82) is 0 Å². The van der Waals surface area contributed by atoms with E-state index in [4.69, 9.17) is 0 Å². The van der Waals surface area contributed by atoms with Gasteiger partial charge in [0.1, 0.15) is 17.9 Å². The minimum Gasteiger partial charge on any atom is -0.287 e. The van der Waals surface area contributed by atoms with Gasteiger partial charge < -0.3 is 0 Å². The van der Waals surface area contributed by atoms with Gasteiger partial charge in [-0.25, -0.2) is 15.0 Å². The van der Waals surface area contributed by atoms with Crippen LogP contribution in [0.1, 0.15) is 6.92 Å². The van der Waals surface area contributed by atoms with Crippen molar-refractivity contribution in [2.45, 2.75) is 6.92 Å². The van der Waals surface area contributed by atoms with Crippen molar-refractivity contribution >= 4 is 17.3 Å². The normalized spacial score (nSPS) is 14.1. The molecule has 5 nitrogen and oxygen atoms in total. The zero-order valence-corrected chi connectivity index (χ0v) is 6.00. The predicted octanol–water partition coefficient (Wildman–Crippen LogP) is 0.457. The summed E-state index contributed by atoms with van der Waals surface area (Å²) in [5.41, 5.74) is 6.50. The molecule has 0 aliphatic carbocycles. The minimum atomic E-state index is 0.714. The third-order valence-electron chi connectivity index (χ3n) is 1.34. The van der Waals surface area contributed by atoms with Gasteiger partial charge in [0.15, 0.2) is 5.82 Å². The molecule has 0 atom stereocenters. The van der Waals surface area contributed by atoms with Gasteiger partial charge in [-0.15, -0.1) is 0 Å². The molecule has 0 fully saturated rings. The van der Waals surface area contributed by atoms with Crippen molar-refractivity contribution in [3.8, 4) is 0 Å². The molecule has 0 saturated carbocycles. The lowest BCUT2D eigenvalue weighted by Crippen LogP contribution is -2.30. The molecule has 1 aromatic rings. The third kappa shape index (κ3) is 1.000. The van der Waals surface area contributed by atoms with Crippen molar-refractivity contribution in [2.24, 2.45) is 4.99 Å². The van der Waals surface area contributed by atoms with E-state index in [0.717, 1.165) is 11.5 Å². The summed E-state index contributed by atoms with van der Waals surface area (Å²) in [4.78, 5) is 12.0. The Morgan fingerprint density at radius 2 is 2.27 bits per heavy atom. The summed E-state index contributed by atoms with van der Waals surface area (Å²) in [6.07, 6.45) is 3.14. The number of nitrogens with one attached hydrogen (secondary N) is 2. The Hall–Kier alpha value is -1.65. The maximum atomic E-state index is 4.16. The molecule has 0 saturated heterocycles. The largest absolute Gasteiger partial charge is 0.287 e. The molecule has 56 valence electrons. The maximum Gasteiger partial charge on any atom is 0.173 e. The Kier molecular flexibility index (Phi) is 1.21. The van der Waals surface area contributed by atoms with Crippen molar-refractivity contribution in [3.63, 3.8) is 0 Å². The van der Waals surface area contributed by atoms with Gasteiger partial charge in [-0.3, -0.25) is 10.9 Å². The number of hydrogen-bond donors (Lipinski definition) is 2. The number of aromatic nitrogens is 2. The Morgan fingerprint density at radius 3 is 3.18 bits per heavy atom. The van der Waals surface area contributed by atoms with E-state index < -0.39 is 0 Å². The van der Waals surface area contributed by atoms with Gasteiger partial charge in [-0.2, -0.15) is 0 Å². The van der Waals surface area contributed by atoms with Crippen molar-refractivity contribution < 1.29 is 0 Å². The number of aliphatic imine (C=N–C) groups is 1. The van der Waals surface area contributed by atoms with E-state index in [1.807, 2.05) is 6.92 Å². The molecule has 0 unspecified atom stereocenters. The molecule has 0 amide bonds. The van der Waals surface area contributed by atoms with Crippen LogP contribution < -0.4 is 10.9 Å². The number of nitrogens with zero attached hydrogens (tertiary/aromatic N) is 3. The monoisotopic (exact) mass is 149 g/mol. The van der Waals surface area contributed by atoms with Gasteiger partial charge >= 0.3 is 0 Å². The van der Waals surface area contributed by atoms with E-state index >= 15 is 0 Å². The van der Waals surface area contributed by atoms with Crippen LogP contribution in [0.3, 0.4) is 0 Å². The van der Waals surface area contributed by atoms with E-state index in [1.54, 1.807) is 6.20 Å². The summed E-state index contributed by atoms with van der Waals surface area (Å²) in [5, 5.41) is 0. The van der Waals surface area contributed by atoms with E-state index in [0.29, 0.717) is 5.82 Å². The summed E-state index contributed by atoms with van der Waals surface area (Å²) >= 11 is 0. The number of amidine groups is 1. The number of anilines is 1. The summed E-state index contributed by atoms with van der Waals surface area (Å²) in [6.45, 7) is 1.86. The second-order valence-electron chi connectivity index (χ2n) is 2.20. The van der Waals surface area contributed by atoms with Gasteiger partial charge in [0.05, 0.1) is 6.20 Å². The summed E-state index contributed by atoms with van der Waals surface area (Å²) < 4.78 is 0. The number of fused-ring (bicyclic) bond motifs is 1. The average Bonchev–Trinajstić information content (AvgIpc) is 2.04. The van der Waals surface area contributed by atoms with Crippen LogP contribution in [0.2, 0.25) is 0 Å². The van der Waals surface area contributed by atoms with Crippen LogP contribution in [0.5, 0.6) is 0 Å². The van der Waals surface area contributed by atoms with Crippen LogP contribution in [-0.4, -0.2) is 15.8 Å². The summed E-state index contributed by atoms with van der Waals surface area (Å²) in [7, 11) is 0. The zero-order valence-electron chi connectivity index (χ0n) is 6.00. The molecule has 2 rings (SSSR count). The fourth-order valence-corrected chi connectivity index (χ4v) is 0.859. The molecule has 11 heavy (non-hydrogen) atoms. The first-order valence-electron chi connectivity index (χ1n) is 3.23.